The molecular formula is C21H20ClNO2S. The van der Waals surface area contributed by atoms with Crippen LogP contribution in [0.5, 0.6) is 11.5 Å². The Balaban J connectivity index is 1.86. The normalized spacial score (nSPS) is 17.0. The van der Waals surface area contributed by atoms with Crippen molar-refractivity contribution in [1.82, 2.24) is 0 Å². The number of fused-ring (bicyclic) bond motifs is 1. The number of phenols is 2. The third-order valence-electron chi connectivity index (χ3n) is 4.94. The molecule has 4 rings (SSSR count). The summed E-state index contributed by atoms with van der Waals surface area (Å²) in [5, 5.41) is 22.6. The number of benzene rings is 2. The zero-order chi connectivity index (χ0) is 18.1. The van der Waals surface area contributed by atoms with Gasteiger partial charge in [0, 0.05) is 29.1 Å². The number of halogens is 1. The van der Waals surface area contributed by atoms with Gasteiger partial charge in [-0.15, -0.1) is 11.3 Å². The van der Waals surface area contributed by atoms with E-state index in [2.05, 4.69) is 34.5 Å². The van der Waals surface area contributed by atoms with Gasteiger partial charge >= 0.3 is 0 Å². The van der Waals surface area contributed by atoms with Crippen LogP contribution in [0.3, 0.4) is 0 Å². The Morgan fingerprint density at radius 2 is 1.92 bits per heavy atom. The van der Waals surface area contributed by atoms with Gasteiger partial charge in [-0.1, -0.05) is 35.9 Å². The number of anilines is 2. The zero-order valence-electron chi connectivity index (χ0n) is 14.2. The van der Waals surface area contributed by atoms with Crippen molar-refractivity contribution >= 4 is 34.3 Å². The van der Waals surface area contributed by atoms with Crippen LogP contribution in [0.25, 0.3) is 0 Å². The third kappa shape index (κ3) is 3.15. The maximum Gasteiger partial charge on any atom is 0.176 e. The van der Waals surface area contributed by atoms with Gasteiger partial charge in [0.05, 0.1) is 10.7 Å². The maximum absolute atomic E-state index is 10.2. The van der Waals surface area contributed by atoms with Gasteiger partial charge in [-0.05, 0) is 48.4 Å². The maximum atomic E-state index is 10.2. The molecule has 0 spiro atoms. The predicted molar refractivity (Wildman–Crippen MR) is 108 cm³/mol. The van der Waals surface area contributed by atoms with E-state index in [9.17, 15) is 10.2 Å². The first-order valence-electron chi connectivity index (χ1n) is 8.75. The van der Waals surface area contributed by atoms with Crippen molar-refractivity contribution in [3.63, 3.8) is 0 Å². The van der Waals surface area contributed by atoms with Crippen LogP contribution >= 0.6 is 22.9 Å². The standard InChI is InChI=1S/C21H20ClNO2S/c22-20-17-10-4-8-15(12-16-9-5-11-26-16)23(14-6-2-1-3-7-14)18(17)13-19(24)21(20)25/h1-3,5-7,9,11,13,15,24-25H,4,8,10,12H2. The summed E-state index contributed by atoms with van der Waals surface area (Å²) < 4.78 is 0. The molecule has 1 aliphatic rings. The van der Waals surface area contributed by atoms with E-state index in [0.717, 1.165) is 42.6 Å². The van der Waals surface area contributed by atoms with Crippen molar-refractivity contribution in [2.24, 2.45) is 0 Å². The molecule has 2 N–H and O–H groups in total. The molecule has 2 heterocycles. The lowest BCUT2D eigenvalue weighted by Gasteiger charge is -2.33. The highest BCUT2D eigenvalue weighted by molar-refractivity contribution is 7.09. The van der Waals surface area contributed by atoms with Crippen LogP contribution in [0, 0.1) is 0 Å². The summed E-state index contributed by atoms with van der Waals surface area (Å²) in [6.07, 6.45) is 3.72. The fourth-order valence-corrected chi connectivity index (χ4v) is 4.80. The van der Waals surface area contributed by atoms with Crippen LogP contribution < -0.4 is 4.90 Å². The molecule has 134 valence electrons. The molecule has 1 aromatic heterocycles. The quantitative estimate of drug-likeness (QED) is 0.552. The molecule has 1 atom stereocenters. The molecule has 0 radical (unpaired) electrons. The number of aromatic hydroxyl groups is 2. The first-order valence-corrected chi connectivity index (χ1v) is 10.0. The number of hydrogen-bond acceptors (Lipinski definition) is 4. The largest absolute Gasteiger partial charge is 0.504 e. The van der Waals surface area contributed by atoms with Crippen LogP contribution in [-0.4, -0.2) is 16.3 Å². The van der Waals surface area contributed by atoms with E-state index in [1.165, 1.54) is 4.88 Å². The summed E-state index contributed by atoms with van der Waals surface area (Å²) in [4.78, 5) is 3.61. The van der Waals surface area contributed by atoms with E-state index in [1.54, 1.807) is 17.4 Å². The number of hydrogen-bond donors (Lipinski definition) is 2. The molecule has 0 aliphatic carbocycles. The van der Waals surface area contributed by atoms with Gasteiger partial charge < -0.3 is 15.1 Å². The van der Waals surface area contributed by atoms with Gasteiger partial charge in [0.1, 0.15) is 0 Å². The third-order valence-corrected chi connectivity index (χ3v) is 6.24. The lowest BCUT2D eigenvalue weighted by molar-refractivity contribution is 0.403. The molecule has 26 heavy (non-hydrogen) atoms. The van der Waals surface area contributed by atoms with E-state index >= 15 is 0 Å². The van der Waals surface area contributed by atoms with Gasteiger partial charge in [-0.25, -0.2) is 0 Å². The topological polar surface area (TPSA) is 43.7 Å². The highest BCUT2D eigenvalue weighted by Crippen LogP contribution is 2.47. The minimum Gasteiger partial charge on any atom is -0.504 e. The zero-order valence-corrected chi connectivity index (χ0v) is 15.8. The van der Waals surface area contributed by atoms with Gasteiger partial charge in [0.25, 0.3) is 0 Å². The summed E-state index contributed by atoms with van der Waals surface area (Å²) in [6.45, 7) is 0. The molecule has 0 amide bonds. The average Bonchev–Trinajstić information content (AvgIpc) is 3.09. The van der Waals surface area contributed by atoms with Crippen molar-refractivity contribution < 1.29 is 10.2 Å². The van der Waals surface area contributed by atoms with E-state index < -0.39 is 0 Å². The molecular weight excluding hydrogens is 366 g/mol. The molecule has 3 nitrogen and oxygen atoms in total. The second kappa shape index (κ2) is 7.22. The fourth-order valence-electron chi connectivity index (χ4n) is 3.74. The van der Waals surface area contributed by atoms with Crippen molar-refractivity contribution in [2.45, 2.75) is 31.7 Å². The van der Waals surface area contributed by atoms with E-state index in [4.69, 9.17) is 11.6 Å². The summed E-state index contributed by atoms with van der Waals surface area (Å²) in [6, 6.07) is 16.3. The number of nitrogens with zero attached hydrogens (tertiary/aromatic N) is 1. The molecule has 0 bridgehead atoms. The molecule has 0 fully saturated rings. The monoisotopic (exact) mass is 385 g/mol. The average molecular weight is 386 g/mol. The van der Waals surface area contributed by atoms with Crippen LogP contribution in [0.4, 0.5) is 11.4 Å². The molecule has 1 aliphatic heterocycles. The van der Waals surface area contributed by atoms with Crippen LogP contribution in [0.2, 0.25) is 5.02 Å². The van der Waals surface area contributed by atoms with Gasteiger partial charge in [-0.3, -0.25) is 0 Å². The summed E-state index contributed by atoms with van der Waals surface area (Å²) in [5.74, 6) is -0.401. The smallest absolute Gasteiger partial charge is 0.176 e. The Morgan fingerprint density at radius 3 is 2.65 bits per heavy atom. The van der Waals surface area contributed by atoms with Gasteiger partial charge in [0.2, 0.25) is 0 Å². The Bertz CT molecular complexity index is 896. The lowest BCUT2D eigenvalue weighted by atomic mass is 10.0. The second-order valence-electron chi connectivity index (χ2n) is 6.59. The molecule has 0 saturated carbocycles. The fraction of sp³-hybridized carbons (Fsp3) is 0.238. The van der Waals surface area contributed by atoms with E-state index in [1.807, 2.05) is 18.2 Å². The Labute approximate surface area is 162 Å². The first kappa shape index (κ1) is 17.3. The van der Waals surface area contributed by atoms with Crippen LogP contribution in [0.1, 0.15) is 23.3 Å². The summed E-state index contributed by atoms with van der Waals surface area (Å²) in [5.41, 5.74) is 2.86. The number of para-hydroxylation sites is 1. The number of rotatable bonds is 3. The first-order chi connectivity index (χ1) is 12.6. The molecule has 1 unspecified atom stereocenters. The Hall–Kier alpha value is -2.17. The summed E-state index contributed by atoms with van der Waals surface area (Å²) in [7, 11) is 0. The van der Waals surface area contributed by atoms with Crippen molar-refractivity contribution in [2.75, 3.05) is 4.90 Å². The van der Waals surface area contributed by atoms with Crippen LogP contribution in [-0.2, 0) is 12.8 Å². The summed E-state index contributed by atoms with van der Waals surface area (Å²) >= 11 is 8.17. The van der Waals surface area contributed by atoms with E-state index in [-0.39, 0.29) is 22.6 Å². The highest BCUT2D eigenvalue weighted by Gasteiger charge is 2.29. The van der Waals surface area contributed by atoms with E-state index in [0.29, 0.717) is 0 Å². The minimum absolute atomic E-state index is 0.175. The molecule has 5 heteroatoms. The van der Waals surface area contributed by atoms with Crippen molar-refractivity contribution in [1.29, 1.82) is 0 Å². The van der Waals surface area contributed by atoms with Gasteiger partial charge in [0.15, 0.2) is 11.5 Å². The molecule has 2 aromatic carbocycles. The lowest BCUT2D eigenvalue weighted by Crippen LogP contribution is -2.32. The predicted octanol–water partition coefficient (Wildman–Crippen LogP) is 5.90. The van der Waals surface area contributed by atoms with Crippen molar-refractivity contribution in [3.05, 3.63) is 69.4 Å². The number of thiophene rings is 1. The van der Waals surface area contributed by atoms with Crippen LogP contribution in [0.15, 0.2) is 53.9 Å². The molecule has 0 saturated heterocycles. The van der Waals surface area contributed by atoms with Crippen molar-refractivity contribution in [3.8, 4) is 11.5 Å². The molecule has 3 aromatic rings. The van der Waals surface area contributed by atoms with Gasteiger partial charge in [-0.2, -0.15) is 0 Å². The SMILES string of the molecule is Oc1cc2c(c(Cl)c1O)CCCC(Cc1cccs1)N2c1ccccc1. The number of phenolic OH excluding ortho intramolecular Hbond substituents is 2. The Kier molecular flexibility index (Phi) is 4.79. The second-order valence-corrected chi connectivity index (χ2v) is 8.00. The highest BCUT2D eigenvalue weighted by atomic mass is 35.5. The minimum atomic E-state index is -0.227. The Morgan fingerprint density at radius 1 is 1.12 bits per heavy atom.